The lowest BCUT2D eigenvalue weighted by molar-refractivity contribution is 0.0698. The predicted octanol–water partition coefficient (Wildman–Crippen LogP) is 3.61. The number of halogens is 1. The maximum atomic E-state index is 11.1. The van der Waals surface area contributed by atoms with Crippen LogP contribution in [0.3, 0.4) is 0 Å². The van der Waals surface area contributed by atoms with Gasteiger partial charge in [0.2, 0.25) is 0 Å². The molecule has 0 bridgehead atoms. The molecule has 0 aliphatic heterocycles. The summed E-state index contributed by atoms with van der Waals surface area (Å²) in [5.41, 5.74) is 1.42. The first kappa shape index (κ1) is 12.4. The molecule has 1 aliphatic rings. The zero-order valence-corrected chi connectivity index (χ0v) is 11.5. The summed E-state index contributed by atoms with van der Waals surface area (Å²) in [5, 5.41) is 12.4. The van der Waals surface area contributed by atoms with Gasteiger partial charge in [0, 0.05) is 16.7 Å². The molecule has 1 aromatic rings. The molecular formula is C13H16BrNO2. The number of nitrogens with one attached hydrogen (secondary N) is 1. The number of benzene rings is 1. The average Bonchev–Trinajstić information content (AvgIpc) is 2.84. The predicted molar refractivity (Wildman–Crippen MR) is 71.5 cm³/mol. The van der Waals surface area contributed by atoms with Crippen molar-refractivity contribution in [2.24, 2.45) is 11.3 Å². The number of carboxylic acid groups (broad SMARTS) is 1. The largest absolute Gasteiger partial charge is 0.478 e. The Morgan fingerprint density at radius 3 is 2.76 bits per heavy atom. The number of carboxylic acids is 1. The Labute approximate surface area is 109 Å². The summed E-state index contributed by atoms with van der Waals surface area (Å²) in [5.74, 6) is -0.253. The Morgan fingerprint density at radius 1 is 1.59 bits per heavy atom. The van der Waals surface area contributed by atoms with Gasteiger partial charge < -0.3 is 10.4 Å². The molecule has 0 saturated heterocycles. The summed E-state index contributed by atoms with van der Waals surface area (Å²) in [4.78, 5) is 11.1. The Kier molecular flexibility index (Phi) is 3.17. The molecule has 0 radical (unpaired) electrons. The third-order valence-corrected chi connectivity index (χ3v) is 3.96. The SMILES string of the molecule is CC1(C)CC1CNc1ccc(Br)cc1C(=O)O. The zero-order chi connectivity index (χ0) is 12.6. The first-order chi connectivity index (χ1) is 7.90. The standard InChI is InChI=1S/C13H16BrNO2/c1-13(2)6-8(13)7-15-11-4-3-9(14)5-10(11)12(16)17/h3-5,8,15H,6-7H2,1-2H3,(H,16,17). The number of hydrogen-bond acceptors (Lipinski definition) is 2. The van der Waals surface area contributed by atoms with E-state index in [0.29, 0.717) is 22.6 Å². The van der Waals surface area contributed by atoms with Crippen molar-refractivity contribution in [2.75, 3.05) is 11.9 Å². The second-order valence-electron chi connectivity index (χ2n) is 5.27. The fraction of sp³-hybridized carbons (Fsp3) is 0.462. The van der Waals surface area contributed by atoms with Crippen molar-refractivity contribution in [3.05, 3.63) is 28.2 Å². The molecule has 1 atom stereocenters. The minimum Gasteiger partial charge on any atom is -0.478 e. The topological polar surface area (TPSA) is 49.3 Å². The number of hydrogen-bond donors (Lipinski definition) is 2. The summed E-state index contributed by atoms with van der Waals surface area (Å²) in [7, 11) is 0. The molecular weight excluding hydrogens is 282 g/mol. The van der Waals surface area contributed by atoms with E-state index in [2.05, 4.69) is 35.1 Å². The zero-order valence-electron chi connectivity index (χ0n) is 9.96. The van der Waals surface area contributed by atoms with E-state index in [-0.39, 0.29) is 0 Å². The van der Waals surface area contributed by atoms with Gasteiger partial charge in [0.1, 0.15) is 0 Å². The van der Waals surface area contributed by atoms with Crippen LogP contribution in [0.1, 0.15) is 30.6 Å². The van der Waals surface area contributed by atoms with Crippen LogP contribution in [0.25, 0.3) is 0 Å². The lowest BCUT2D eigenvalue weighted by Crippen LogP contribution is -2.11. The van der Waals surface area contributed by atoms with E-state index >= 15 is 0 Å². The van der Waals surface area contributed by atoms with Crippen LogP contribution in [0.2, 0.25) is 0 Å². The smallest absolute Gasteiger partial charge is 0.337 e. The van der Waals surface area contributed by atoms with Gasteiger partial charge in [-0.05, 0) is 36.0 Å². The van der Waals surface area contributed by atoms with Crippen LogP contribution >= 0.6 is 15.9 Å². The first-order valence-corrected chi connectivity index (χ1v) is 6.46. The summed E-state index contributed by atoms with van der Waals surface area (Å²) in [6.07, 6.45) is 1.21. The summed E-state index contributed by atoms with van der Waals surface area (Å²) < 4.78 is 0.784. The van der Waals surface area contributed by atoms with Crippen molar-refractivity contribution in [2.45, 2.75) is 20.3 Å². The lowest BCUT2D eigenvalue weighted by Gasteiger charge is -2.10. The van der Waals surface area contributed by atoms with E-state index in [1.165, 1.54) is 6.42 Å². The Morgan fingerprint density at radius 2 is 2.24 bits per heavy atom. The van der Waals surface area contributed by atoms with Crippen LogP contribution < -0.4 is 5.32 Å². The molecule has 3 nitrogen and oxygen atoms in total. The van der Waals surface area contributed by atoms with Crippen LogP contribution in [0.4, 0.5) is 5.69 Å². The highest BCUT2D eigenvalue weighted by molar-refractivity contribution is 9.10. The Hall–Kier alpha value is -1.03. The molecule has 1 saturated carbocycles. The monoisotopic (exact) mass is 297 g/mol. The van der Waals surface area contributed by atoms with Crippen molar-refractivity contribution in [3.63, 3.8) is 0 Å². The molecule has 17 heavy (non-hydrogen) atoms. The molecule has 92 valence electrons. The van der Waals surface area contributed by atoms with Gasteiger partial charge in [0.15, 0.2) is 0 Å². The van der Waals surface area contributed by atoms with Crippen LogP contribution in [0, 0.1) is 11.3 Å². The van der Waals surface area contributed by atoms with Crippen LogP contribution in [0.15, 0.2) is 22.7 Å². The van der Waals surface area contributed by atoms with Crippen molar-refractivity contribution in [1.82, 2.24) is 0 Å². The van der Waals surface area contributed by atoms with Crippen LogP contribution in [0.5, 0.6) is 0 Å². The van der Waals surface area contributed by atoms with E-state index in [9.17, 15) is 4.79 Å². The quantitative estimate of drug-likeness (QED) is 0.893. The highest BCUT2D eigenvalue weighted by atomic mass is 79.9. The minimum atomic E-state index is -0.899. The fourth-order valence-corrected chi connectivity index (χ4v) is 2.37. The molecule has 0 spiro atoms. The molecule has 1 fully saturated rings. The van der Waals surface area contributed by atoms with E-state index in [0.717, 1.165) is 11.0 Å². The van der Waals surface area contributed by atoms with Gasteiger partial charge in [0.25, 0.3) is 0 Å². The molecule has 2 rings (SSSR count). The summed E-state index contributed by atoms with van der Waals surface area (Å²) in [6, 6.07) is 5.29. The molecule has 4 heteroatoms. The minimum absolute atomic E-state index is 0.317. The van der Waals surface area contributed by atoms with Crippen molar-refractivity contribution in [3.8, 4) is 0 Å². The molecule has 0 aromatic heterocycles. The van der Waals surface area contributed by atoms with Gasteiger partial charge in [-0.25, -0.2) is 4.79 Å². The number of rotatable bonds is 4. The lowest BCUT2D eigenvalue weighted by atomic mass is 10.1. The summed E-state index contributed by atoms with van der Waals surface area (Å²) in [6.45, 7) is 5.31. The van der Waals surface area contributed by atoms with Crippen LogP contribution in [-0.2, 0) is 0 Å². The number of aromatic carboxylic acids is 1. The van der Waals surface area contributed by atoms with E-state index in [1.54, 1.807) is 6.07 Å². The van der Waals surface area contributed by atoms with Gasteiger partial charge in [-0.1, -0.05) is 29.8 Å². The van der Waals surface area contributed by atoms with Crippen molar-refractivity contribution >= 4 is 27.6 Å². The molecule has 0 amide bonds. The van der Waals surface area contributed by atoms with Crippen LogP contribution in [-0.4, -0.2) is 17.6 Å². The van der Waals surface area contributed by atoms with E-state index in [1.807, 2.05) is 12.1 Å². The number of carbonyl (C=O) groups is 1. The molecule has 1 unspecified atom stereocenters. The van der Waals surface area contributed by atoms with Gasteiger partial charge in [0.05, 0.1) is 5.56 Å². The van der Waals surface area contributed by atoms with Gasteiger partial charge in [-0.15, -0.1) is 0 Å². The van der Waals surface area contributed by atoms with Crippen molar-refractivity contribution in [1.29, 1.82) is 0 Å². The maximum Gasteiger partial charge on any atom is 0.337 e. The van der Waals surface area contributed by atoms with Gasteiger partial charge in [-0.3, -0.25) is 0 Å². The highest BCUT2D eigenvalue weighted by Gasteiger charge is 2.45. The molecule has 2 N–H and O–H groups in total. The van der Waals surface area contributed by atoms with Crippen molar-refractivity contribution < 1.29 is 9.90 Å². The highest BCUT2D eigenvalue weighted by Crippen LogP contribution is 2.51. The normalized spacial score (nSPS) is 21.0. The Bertz CT molecular complexity index is 457. The van der Waals surface area contributed by atoms with Gasteiger partial charge >= 0.3 is 5.97 Å². The second-order valence-corrected chi connectivity index (χ2v) is 6.18. The number of anilines is 1. The average molecular weight is 298 g/mol. The second kappa shape index (κ2) is 4.33. The fourth-order valence-electron chi connectivity index (χ4n) is 2.01. The molecule has 1 aliphatic carbocycles. The third-order valence-electron chi connectivity index (χ3n) is 3.47. The molecule has 0 heterocycles. The molecule has 1 aromatic carbocycles. The summed E-state index contributed by atoms with van der Waals surface area (Å²) >= 11 is 3.28. The van der Waals surface area contributed by atoms with E-state index in [4.69, 9.17) is 5.11 Å². The maximum absolute atomic E-state index is 11.1. The van der Waals surface area contributed by atoms with Gasteiger partial charge in [-0.2, -0.15) is 0 Å². The third kappa shape index (κ3) is 2.80. The van der Waals surface area contributed by atoms with E-state index < -0.39 is 5.97 Å². The Balaban J connectivity index is 2.08. The first-order valence-electron chi connectivity index (χ1n) is 5.67.